The summed E-state index contributed by atoms with van der Waals surface area (Å²) in [5.74, 6) is -6.45. The van der Waals surface area contributed by atoms with E-state index in [-0.39, 0.29) is 16.7 Å². The number of nitrogens with zero attached hydrogens (tertiary/aromatic N) is 1. The molecule has 0 atom stereocenters. The van der Waals surface area contributed by atoms with Gasteiger partial charge in [-0.2, -0.15) is 0 Å². The van der Waals surface area contributed by atoms with E-state index in [4.69, 9.17) is 0 Å². The predicted molar refractivity (Wildman–Crippen MR) is 79.7 cm³/mol. The Morgan fingerprint density at radius 2 is 1.35 bits per heavy atom. The number of pyridine rings is 1. The maximum Gasteiger partial charge on any atom is 0.198 e. The molecular weight excluding hydrogens is 306 g/mol. The van der Waals surface area contributed by atoms with E-state index in [0.29, 0.717) is 5.69 Å². The number of hydrogen-bond acceptors (Lipinski definition) is 1. The summed E-state index contributed by atoms with van der Waals surface area (Å²) in [5, 5.41) is 0. The monoisotopic (exact) mass is 317 g/mol. The quantitative estimate of drug-likeness (QED) is 0.356. The molecule has 1 nitrogen and oxygen atoms in total. The summed E-state index contributed by atoms with van der Waals surface area (Å²) in [6.07, 6.45) is 1.31. The molecule has 1 aromatic heterocycles. The van der Waals surface area contributed by atoms with Gasteiger partial charge in [0.15, 0.2) is 23.3 Å². The minimum Gasteiger partial charge on any atom is -0.256 e. The first-order valence-corrected chi connectivity index (χ1v) is 6.85. The van der Waals surface area contributed by atoms with Crippen molar-refractivity contribution in [3.8, 4) is 22.4 Å². The molecule has 5 heteroatoms. The Morgan fingerprint density at radius 1 is 0.696 bits per heavy atom. The van der Waals surface area contributed by atoms with Crippen molar-refractivity contribution < 1.29 is 17.6 Å². The van der Waals surface area contributed by atoms with Crippen LogP contribution in [0.15, 0.2) is 48.7 Å². The maximum absolute atomic E-state index is 14.0. The van der Waals surface area contributed by atoms with Crippen LogP contribution in [0, 0.1) is 30.2 Å². The SMILES string of the molecule is Cc1c(F)c(F)c(F)c(F)c1-c1ccc(-c2ccccc2)nc1. The van der Waals surface area contributed by atoms with Crippen LogP contribution in [0.3, 0.4) is 0 Å². The molecule has 0 aliphatic heterocycles. The predicted octanol–water partition coefficient (Wildman–Crippen LogP) is 5.28. The van der Waals surface area contributed by atoms with Gasteiger partial charge in [-0.3, -0.25) is 4.98 Å². The van der Waals surface area contributed by atoms with Gasteiger partial charge >= 0.3 is 0 Å². The zero-order chi connectivity index (χ0) is 16.6. The van der Waals surface area contributed by atoms with Crippen molar-refractivity contribution in [1.82, 2.24) is 4.98 Å². The normalized spacial score (nSPS) is 10.8. The highest BCUT2D eigenvalue weighted by atomic mass is 19.2. The fourth-order valence-corrected chi connectivity index (χ4v) is 2.41. The summed E-state index contributed by atoms with van der Waals surface area (Å²) in [6.45, 7) is 1.20. The fraction of sp³-hybridized carbons (Fsp3) is 0.0556. The Kier molecular flexibility index (Phi) is 3.86. The molecule has 116 valence electrons. The average molecular weight is 317 g/mol. The van der Waals surface area contributed by atoms with Crippen molar-refractivity contribution in [3.05, 3.63) is 77.5 Å². The third-order valence-corrected chi connectivity index (χ3v) is 3.62. The molecule has 0 bridgehead atoms. The summed E-state index contributed by atoms with van der Waals surface area (Å²) in [4.78, 5) is 4.18. The van der Waals surface area contributed by atoms with Crippen molar-refractivity contribution in [1.29, 1.82) is 0 Å². The second kappa shape index (κ2) is 5.83. The average Bonchev–Trinajstić information content (AvgIpc) is 2.60. The first kappa shape index (κ1) is 15.2. The molecule has 0 unspecified atom stereocenters. The van der Waals surface area contributed by atoms with E-state index in [2.05, 4.69) is 4.98 Å². The van der Waals surface area contributed by atoms with Crippen molar-refractivity contribution in [3.63, 3.8) is 0 Å². The third kappa shape index (κ3) is 2.59. The Bertz CT molecular complexity index is 829. The van der Waals surface area contributed by atoms with E-state index in [1.165, 1.54) is 19.2 Å². The van der Waals surface area contributed by atoms with E-state index >= 15 is 0 Å². The Balaban J connectivity index is 2.11. The molecule has 0 N–H and O–H groups in total. The Labute approximate surface area is 130 Å². The molecular formula is C18H11F4N. The van der Waals surface area contributed by atoms with Gasteiger partial charge in [0.1, 0.15) is 0 Å². The fourth-order valence-electron chi connectivity index (χ4n) is 2.41. The second-order valence-electron chi connectivity index (χ2n) is 5.05. The molecule has 0 saturated carbocycles. The van der Waals surface area contributed by atoms with Crippen LogP contribution in [0.4, 0.5) is 17.6 Å². The van der Waals surface area contributed by atoms with Crippen LogP contribution in [0.5, 0.6) is 0 Å². The van der Waals surface area contributed by atoms with Gasteiger partial charge in [-0.15, -0.1) is 0 Å². The lowest BCUT2D eigenvalue weighted by molar-refractivity contribution is 0.408. The third-order valence-electron chi connectivity index (χ3n) is 3.62. The molecule has 3 rings (SSSR count). The van der Waals surface area contributed by atoms with E-state index in [9.17, 15) is 17.6 Å². The van der Waals surface area contributed by atoms with Crippen molar-refractivity contribution in [2.45, 2.75) is 6.92 Å². The topological polar surface area (TPSA) is 12.9 Å². The molecule has 23 heavy (non-hydrogen) atoms. The van der Waals surface area contributed by atoms with Crippen LogP contribution < -0.4 is 0 Å². The lowest BCUT2D eigenvalue weighted by atomic mass is 9.99. The molecule has 1 heterocycles. The van der Waals surface area contributed by atoms with Crippen LogP contribution >= 0.6 is 0 Å². The molecule has 0 saturated heterocycles. The minimum atomic E-state index is -1.82. The molecule has 0 aliphatic carbocycles. The van der Waals surface area contributed by atoms with Gasteiger partial charge in [0.25, 0.3) is 0 Å². The van der Waals surface area contributed by atoms with Crippen molar-refractivity contribution in [2.24, 2.45) is 0 Å². The highest BCUT2D eigenvalue weighted by Gasteiger charge is 2.23. The summed E-state index contributed by atoms with van der Waals surface area (Å²) in [6, 6.07) is 12.4. The van der Waals surface area contributed by atoms with Gasteiger partial charge in [-0.25, -0.2) is 17.6 Å². The van der Waals surface area contributed by atoms with Gasteiger partial charge in [-0.05, 0) is 18.6 Å². The first-order chi connectivity index (χ1) is 11.0. The maximum atomic E-state index is 14.0. The van der Waals surface area contributed by atoms with Crippen LogP contribution in [0.1, 0.15) is 5.56 Å². The standard InChI is InChI=1S/C18H11F4N/c1-10-14(16(20)18(22)17(21)15(10)19)12-7-8-13(23-9-12)11-5-3-2-4-6-11/h2-9H,1H3. The Morgan fingerprint density at radius 3 is 1.96 bits per heavy atom. The molecule has 0 aliphatic rings. The number of benzene rings is 2. The first-order valence-electron chi connectivity index (χ1n) is 6.85. The minimum absolute atomic E-state index is 0.178. The van der Waals surface area contributed by atoms with Crippen LogP contribution in [0.2, 0.25) is 0 Å². The zero-order valence-electron chi connectivity index (χ0n) is 12.1. The Hall–Kier alpha value is -2.69. The molecule has 0 radical (unpaired) electrons. The van der Waals surface area contributed by atoms with Gasteiger partial charge in [0.05, 0.1) is 5.69 Å². The second-order valence-corrected chi connectivity index (χ2v) is 5.05. The lowest BCUT2D eigenvalue weighted by Crippen LogP contribution is -2.03. The lowest BCUT2D eigenvalue weighted by Gasteiger charge is -2.11. The van der Waals surface area contributed by atoms with Gasteiger partial charge < -0.3 is 0 Å². The van der Waals surface area contributed by atoms with E-state index < -0.39 is 23.3 Å². The van der Waals surface area contributed by atoms with Crippen molar-refractivity contribution in [2.75, 3.05) is 0 Å². The van der Waals surface area contributed by atoms with Crippen molar-refractivity contribution >= 4 is 0 Å². The highest BCUT2D eigenvalue weighted by Crippen LogP contribution is 2.32. The van der Waals surface area contributed by atoms with Gasteiger partial charge in [0.2, 0.25) is 0 Å². The number of rotatable bonds is 2. The van der Waals surface area contributed by atoms with Crippen LogP contribution in [-0.4, -0.2) is 4.98 Å². The van der Waals surface area contributed by atoms with Crippen LogP contribution in [0.25, 0.3) is 22.4 Å². The van der Waals surface area contributed by atoms with Gasteiger partial charge in [-0.1, -0.05) is 36.4 Å². The number of hydrogen-bond donors (Lipinski definition) is 0. The molecule has 0 fully saturated rings. The van der Waals surface area contributed by atoms with E-state index in [0.717, 1.165) is 5.56 Å². The summed E-state index contributed by atoms with van der Waals surface area (Å²) in [7, 11) is 0. The highest BCUT2D eigenvalue weighted by molar-refractivity contribution is 5.70. The molecule has 0 spiro atoms. The largest absolute Gasteiger partial charge is 0.256 e. The van der Waals surface area contributed by atoms with Gasteiger partial charge in [0, 0.05) is 22.9 Å². The smallest absolute Gasteiger partial charge is 0.198 e. The number of aromatic nitrogens is 1. The summed E-state index contributed by atoms with van der Waals surface area (Å²) in [5.41, 5.74) is 1.05. The van der Waals surface area contributed by atoms with Crippen LogP contribution in [-0.2, 0) is 0 Å². The van der Waals surface area contributed by atoms with E-state index in [1.54, 1.807) is 6.07 Å². The zero-order valence-corrected chi connectivity index (χ0v) is 12.1. The number of halogens is 4. The molecule has 3 aromatic rings. The molecule has 2 aromatic carbocycles. The summed E-state index contributed by atoms with van der Waals surface area (Å²) >= 11 is 0. The molecule has 0 amide bonds. The summed E-state index contributed by atoms with van der Waals surface area (Å²) < 4.78 is 54.3. The van der Waals surface area contributed by atoms with E-state index in [1.807, 2.05) is 30.3 Å².